The molecule has 9 heteroatoms. The van der Waals surface area contributed by atoms with Crippen molar-refractivity contribution in [1.82, 2.24) is 14.9 Å². The van der Waals surface area contributed by atoms with Crippen molar-refractivity contribution in [2.24, 2.45) is 0 Å². The molecule has 0 radical (unpaired) electrons. The zero-order valence-electron chi connectivity index (χ0n) is 22.0. The first-order valence-corrected chi connectivity index (χ1v) is 13.2. The second kappa shape index (κ2) is 9.86. The standard InChI is InChI=1S/C30H29FN4O4/c1-4-21-23(31)10-9-18-14-20(36)15-22(24(18)21)27-17(2)26-25(29(37)39-27)28(35-12-7-13-35)33-30(32-26)38-16-19-8-5-6-11-34(19)3/h1,9-10,14-15,19,36H,5-8,11-13,16H2,2-3H3/t19-/m1/s1. The molecule has 4 aromatic rings. The minimum atomic E-state index is -0.624. The summed E-state index contributed by atoms with van der Waals surface area (Å²) in [5.74, 6) is 2.39. The van der Waals surface area contributed by atoms with Gasteiger partial charge in [-0.2, -0.15) is 9.97 Å². The molecule has 6 rings (SSSR count). The number of phenols is 1. The van der Waals surface area contributed by atoms with Crippen LogP contribution in [-0.4, -0.2) is 59.3 Å². The van der Waals surface area contributed by atoms with Gasteiger partial charge in [-0.3, -0.25) is 0 Å². The Morgan fingerprint density at radius 3 is 2.72 bits per heavy atom. The molecule has 0 saturated carbocycles. The highest BCUT2D eigenvalue weighted by molar-refractivity contribution is 6.03. The highest BCUT2D eigenvalue weighted by atomic mass is 19.1. The van der Waals surface area contributed by atoms with Gasteiger partial charge in [-0.25, -0.2) is 9.18 Å². The third-order valence-corrected chi connectivity index (χ3v) is 7.89. The van der Waals surface area contributed by atoms with E-state index >= 15 is 0 Å². The van der Waals surface area contributed by atoms with Crippen LogP contribution in [0.1, 0.15) is 36.8 Å². The highest BCUT2D eigenvalue weighted by Gasteiger charge is 2.27. The monoisotopic (exact) mass is 528 g/mol. The fraction of sp³-hybridized carbons (Fsp3) is 0.367. The number of hydrogen-bond acceptors (Lipinski definition) is 8. The van der Waals surface area contributed by atoms with Crippen molar-refractivity contribution >= 4 is 27.5 Å². The summed E-state index contributed by atoms with van der Waals surface area (Å²) in [7, 11) is 2.09. The van der Waals surface area contributed by atoms with Crippen molar-refractivity contribution in [3.63, 3.8) is 0 Å². The number of likely N-dealkylation sites (tertiary alicyclic amines) is 1. The number of piperidine rings is 1. The molecule has 0 amide bonds. The SMILES string of the molecule is C#Cc1c(F)ccc2cc(O)cc(-c3oc(=O)c4c(N5CCC5)nc(OC[C@H]5CCCCN5C)nc4c3C)c12. The molecule has 0 spiro atoms. The lowest BCUT2D eigenvalue weighted by atomic mass is 9.95. The van der Waals surface area contributed by atoms with Gasteiger partial charge in [-0.1, -0.05) is 18.4 Å². The Hall–Kier alpha value is -4.16. The molecule has 200 valence electrons. The number of aromatic hydroxyl groups is 1. The molecular weight excluding hydrogens is 499 g/mol. The van der Waals surface area contributed by atoms with E-state index in [-0.39, 0.29) is 34.5 Å². The molecule has 2 saturated heterocycles. The molecule has 1 N–H and O–H groups in total. The number of nitrogens with zero attached hydrogens (tertiary/aromatic N) is 4. The minimum Gasteiger partial charge on any atom is -0.508 e. The topological polar surface area (TPSA) is 91.9 Å². The van der Waals surface area contributed by atoms with Crippen molar-refractivity contribution in [2.75, 3.05) is 38.2 Å². The van der Waals surface area contributed by atoms with E-state index in [1.165, 1.54) is 30.7 Å². The summed E-state index contributed by atoms with van der Waals surface area (Å²) in [6.45, 7) is 4.76. The Morgan fingerprint density at radius 2 is 2.00 bits per heavy atom. The maximum absolute atomic E-state index is 14.7. The average Bonchev–Trinajstić information content (AvgIpc) is 2.89. The van der Waals surface area contributed by atoms with Crippen molar-refractivity contribution in [3.8, 4) is 35.4 Å². The Bertz CT molecular complexity index is 1710. The van der Waals surface area contributed by atoms with E-state index in [1.54, 1.807) is 6.92 Å². The maximum atomic E-state index is 14.7. The third-order valence-electron chi connectivity index (χ3n) is 7.89. The molecule has 2 aliphatic heterocycles. The van der Waals surface area contributed by atoms with Crippen LogP contribution in [0.2, 0.25) is 0 Å². The van der Waals surface area contributed by atoms with Crippen molar-refractivity contribution < 1.29 is 18.7 Å². The Kier molecular flexibility index (Phi) is 6.35. The van der Waals surface area contributed by atoms with E-state index in [0.717, 1.165) is 38.9 Å². The number of likely N-dealkylation sites (N-methyl/N-ethyl adjacent to an activating group) is 1. The van der Waals surface area contributed by atoms with Gasteiger partial charge in [0.05, 0.1) is 11.1 Å². The van der Waals surface area contributed by atoms with Crippen LogP contribution in [0, 0.1) is 25.1 Å². The summed E-state index contributed by atoms with van der Waals surface area (Å²) < 4.78 is 26.7. The fourth-order valence-corrected chi connectivity index (χ4v) is 5.56. The lowest BCUT2D eigenvalue weighted by Gasteiger charge is -2.33. The van der Waals surface area contributed by atoms with Crippen LogP contribution in [0.25, 0.3) is 33.0 Å². The number of terminal acetylenes is 1. The van der Waals surface area contributed by atoms with Gasteiger partial charge < -0.3 is 24.1 Å². The molecule has 8 nitrogen and oxygen atoms in total. The molecule has 0 aliphatic carbocycles. The fourth-order valence-electron chi connectivity index (χ4n) is 5.56. The second-order valence-electron chi connectivity index (χ2n) is 10.3. The highest BCUT2D eigenvalue weighted by Crippen LogP contribution is 2.39. The van der Waals surface area contributed by atoms with Crippen LogP contribution >= 0.6 is 0 Å². The van der Waals surface area contributed by atoms with Crippen molar-refractivity contribution in [1.29, 1.82) is 0 Å². The number of phenolic OH excluding ortho intramolecular Hbond substituents is 1. The van der Waals surface area contributed by atoms with Crippen LogP contribution in [0.5, 0.6) is 11.8 Å². The number of ether oxygens (including phenoxy) is 1. The van der Waals surface area contributed by atoms with E-state index in [1.807, 2.05) is 4.90 Å². The summed E-state index contributed by atoms with van der Waals surface area (Å²) in [6, 6.07) is 6.16. The number of fused-ring (bicyclic) bond motifs is 2. The lowest BCUT2D eigenvalue weighted by molar-refractivity contribution is 0.120. The van der Waals surface area contributed by atoms with Crippen LogP contribution in [-0.2, 0) is 0 Å². The molecule has 1 atom stereocenters. The first-order chi connectivity index (χ1) is 18.9. The number of hydrogen-bond donors (Lipinski definition) is 1. The first-order valence-electron chi connectivity index (χ1n) is 13.2. The molecule has 2 fully saturated rings. The van der Waals surface area contributed by atoms with E-state index in [4.69, 9.17) is 15.6 Å². The number of aromatic nitrogens is 2. The van der Waals surface area contributed by atoms with Crippen molar-refractivity contribution in [3.05, 3.63) is 51.6 Å². The number of anilines is 1. The van der Waals surface area contributed by atoms with Crippen LogP contribution < -0.4 is 15.3 Å². The number of benzene rings is 2. The van der Waals surface area contributed by atoms with Gasteiger partial charge >= 0.3 is 11.6 Å². The zero-order valence-corrected chi connectivity index (χ0v) is 22.0. The predicted octanol–water partition coefficient (Wildman–Crippen LogP) is 4.61. The molecule has 4 heterocycles. The van der Waals surface area contributed by atoms with Crippen molar-refractivity contribution in [2.45, 2.75) is 38.6 Å². The number of halogens is 1. The van der Waals surface area contributed by atoms with E-state index in [0.29, 0.717) is 39.8 Å². The van der Waals surface area contributed by atoms with Crippen LogP contribution in [0.3, 0.4) is 0 Å². The van der Waals surface area contributed by atoms with E-state index < -0.39 is 11.4 Å². The molecule has 2 aromatic carbocycles. The minimum absolute atomic E-state index is 0.0224. The predicted molar refractivity (Wildman–Crippen MR) is 148 cm³/mol. The Balaban J connectivity index is 1.55. The van der Waals surface area contributed by atoms with Gasteiger partial charge in [-0.15, -0.1) is 6.42 Å². The summed E-state index contributed by atoms with van der Waals surface area (Å²) in [6.07, 6.45) is 10.0. The largest absolute Gasteiger partial charge is 0.508 e. The van der Waals surface area contributed by atoms with E-state index in [2.05, 4.69) is 27.8 Å². The summed E-state index contributed by atoms with van der Waals surface area (Å²) in [4.78, 5) is 27.1. The first kappa shape index (κ1) is 25.1. The van der Waals surface area contributed by atoms with Gasteiger partial charge in [0.1, 0.15) is 29.3 Å². The molecule has 0 bridgehead atoms. The second-order valence-corrected chi connectivity index (χ2v) is 10.3. The molecule has 2 aromatic heterocycles. The molecule has 2 aliphatic rings. The third kappa shape index (κ3) is 4.35. The summed E-state index contributed by atoms with van der Waals surface area (Å²) >= 11 is 0. The van der Waals surface area contributed by atoms with Gasteiger partial charge in [-0.05, 0) is 63.4 Å². The lowest BCUT2D eigenvalue weighted by Crippen LogP contribution is -2.40. The van der Waals surface area contributed by atoms with Crippen LogP contribution in [0.15, 0.2) is 33.5 Å². The Labute approximate surface area is 225 Å². The zero-order chi connectivity index (χ0) is 27.3. The Morgan fingerprint density at radius 1 is 1.18 bits per heavy atom. The van der Waals surface area contributed by atoms with Gasteiger partial charge in [0, 0.05) is 35.6 Å². The van der Waals surface area contributed by atoms with Gasteiger partial charge in [0.2, 0.25) is 0 Å². The van der Waals surface area contributed by atoms with Gasteiger partial charge in [0.25, 0.3) is 0 Å². The molecular formula is C30H29FN4O4. The molecule has 39 heavy (non-hydrogen) atoms. The average molecular weight is 529 g/mol. The summed E-state index contributed by atoms with van der Waals surface area (Å²) in [5.41, 5.74) is 0.632. The number of aryl methyl sites for hydroxylation is 1. The summed E-state index contributed by atoms with van der Waals surface area (Å²) in [5, 5.41) is 11.6. The molecule has 0 unspecified atom stereocenters. The quantitative estimate of drug-likeness (QED) is 0.376. The van der Waals surface area contributed by atoms with Gasteiger partial charge in [0.15, 0.2) is 5.82 Å². The van der Waals surface area contributed by atoms with E-state index in [9.17, 15) is 14.3 Å². The maximum Gasteiger partial charge on any atom is 0.349 e. The number of rotatable bonds is 5. The normalized spacial score (nSPS) is 17.8. The van der Waals surface area contributed by atoms with Crippen LogP contribution in [0.4, 0.5) is 10.2 Å². The smallest absolute Gasteiger partial charge is 0.349 e.